The van der Waals surface area contributed by atoms with E-state index < -0.39 is 8.24 Å². The van der Waals surface area contributed by atoms with Gasteiger partial charge in [-0.3, -0.25) is 22.8 Å². The molecular formula is C119H138N12Si+4. The second kappa shape index (κ2) is 35.9. The fraction of sp³-hybridized carbons (Fsp3) is 0.294. The van der Waals surface area contributed by atoms with Gasteiger partial charge in [0, 0.05) is 88.5 Å². The molecule has 13 heteroatoms. The van der Waals surface area contributed by atoms with Crippen LogP contribution in [0.1, 0.15) is 119 Å². The van der Waals surface area contributed by atoms with Crippen LogP contribution >= 0.6 is 0 Å². The van der Waals surface area contributed by atoms with E-state index in [0.29, 0.717) is 6.04 Å². The van der Waals surface area contributed by atoms with Gasteiger partial charge in [-0.25, -0.2) is 0 Å². The third-order valence-electron chi connectivity index (χ3n) is 31.2. The monoisotopic (exact) mass is 1760 g/mol. The number of rotatable bonds is 7. The molecule has 1 aromatic heterocycles. The molecule has 5 unspecified atom stereocenters. The number of hydrogen-bond acceptors (Lipinski definition) is 7. The fourth-order valence-electron chi connectivity index (χ4n) is 23.6. The molecule has 9 heterocycles. The van der Waals surface area contributed by atoms with Crippen molar-refractivity contribution in [1.29, 1.82) is 0 Å². The predicted molar refractivity (Wildman–Crippen MR) is 570 cm³/mol. The zero-order valence-electron chi connectivity index (χ0n) is 81.8. The smallest absolute Gasteiger partial charge is 0.186 e. The van der Waals surface area contributed by atoms with E-state index in [2.05, 4.69) is 498 Å². The number of para-hydroxylation sites is 14. The van der Waals surface area contributed by atoms with E-state index in [1.54, 1.807) is 5.19 Å². The topological polar surface area (TPSA) is 27.6 Å². The maximum absolute atomic E-state index is 2.71. The predicted octanol–water partition coefficient (Wildman–Crippen LogP) is 26.5. The van der Waals surface area contributed by atoms with E-state index in [0.717, 1.165) is 71.0 Å². The second-order valence-electron chi connectivity index (χ2n) is 41.0. The van der Waals surface area contributed by atoms with Gasteiger partial charge in [-0.05, 0) is 231 Å². The van der Waals surface area contributed by atoms with Crippen molar-refractivity contribution < 1.29 is 0 Å². The van der Waals surface area contributed by atoms with Crippen LogP contribution in [0, 0.1) is 41.5 Å². The molecule has 5 atom stereocenters. The van der Waals surface area contributed by atoms with Gasteiger partial charge in [0.1, 0.15) is 47.4 Å². The van der Waals surface area contributed by atoms with Crippen LogP contribution in [-0.2, 0) is 43.7 Å². The van der Waals surface area contributed by atoms with Gasteiger partial charge in [0.15, 0.2) is 34.9 Å². The minimum Gasteiger partial charge on any atom is -0.376 e. The van der Waals surface area contributed by atoms with E-state index in [1.165, 1.54) is 195 Å². The number of anilines is 8. The standard InChI is InChI=1S/C23H24N2Si.C23H25N2.C21H26N2.C18H23N2.C17H19N2.C17H21N2/c1-16-9-7-10-17(2)22(16)25-15-24-20-13-6-5-11-18(20)19-12-8-14-21(23(19)24)26(25,3)4;1-18-10-9-11-19(2)23(18)24-17-25(3,21-13-5-4-6-14-21)16-20-12-7-8-15-22(20)24;1-15-8-5-9-16(2)19(15)23-14-22-13-7-11-17-10-6-12-18(20(17)22)21(23,3)4;1-18(2)16-12-8-9-13-17(16)19(3)14-20(18,4)15-10-6-5-7-11-15;1-19(16-8-3-2-4-9-16)12-15-7-5-6-14-10-11-18(13-19)17(14)15;1-14-16-11-7-8-12-17(16)18(2)13-19(14,3)15-9-5-4-6-10-15/h5-14H,15H2,1-4H3;4-15H,16-17H2,1-3H3;5-6,8-10,12H,7,11,13-14H2,1-4H3;5-13H,14H2,1-4H3;2-9H,10-13H2,1H3;4-12,14H,13H2,1-3H3/q;+1;;3*+1. The number of hydrogen-bond donors (Lipinski definition) is 0. The van der Waals surface area contributed by atoms with Crippen LogP contribution in [-0.4, -0.2) is 102 Å². The Morgan fingerprint density at radius 3 is 1.45 bits per heavy atom. The van der Waals surface area contributed by atoms with Gasteiger partial charge < -0.3 is 33.6 Å². The molecule has 132 heavy (non-hydrogen) atoms. The molecule has 0 saturated heterocycles. The molecule has 23 rings (SSSR count). The van der Waals surface area contributed by atoms with E-state index in [-0.39, 0.29) is 11.1 Å². The summed E-state index contributed by atoms with van der Waals surface area (Å²) in [7, 11) is 11.9. The third kappa shape index (κ3) is 16.2. The second-order valence-corrected chi connectivity index (χ2v) is 45.2. The van der Waals surface area contributed by atoms with Gasteiger partial charge >= 0.3 is 0 Å². The lowest BCUT2D eigenvalue weighted by Crippen LogP contribution is -2.65. The molecule has 14 aromatic carbocycles. The maximum atomic E-state index is 2.71. The molecule has 8 aliphatic heterocycles. The quantitative estimate of drug-likeness (QED) is 0.116. The van der Waals surface area contributed by atoms with E-state index in [1.807, 2.05) is 0 Å². The molecule has 674 valence electrons. The highest BCUT2D eigenvalue weighted by Crippen LogP contribution is 2.51. The van der Waals surface area contributed by atoms with Gasteiger partial charge in [-0.15, -0.1) is 0 Å². The van der Waals surface area contributed by atoms with E-state index in [9.17, 15) is 0 Å². The highest BCUT2D eigenvalue weighted by atomic mass is 28.3. The average Bonchev–Trinajstić information content (AvgIpc) is 1.56. The summed E-state index contributed by atoms with van der Waals surface area (Å²) in [5, 5.41) is 4.32. The Kier molecular flexibility index (Phi) is 24.5. The van der Waals surface area contributed by atoms with E-state index >= 15 is 0 Å². The van der Waals surface area contributed by atoms with Gasteiger partial charge in [-0.1, -0.05) is 255 Å². The molecule has 0 saturated carbocycles. The maximum Gasteiger partial charge on any atom is 0.186 e. The minimum absolute atomic E-state index is 0.00998. The number of aryl methyl sites for hydroxylation is 7. The highest BCUT2D eigenvalue weighted by Gasteiger charge is 2.50. The number of fused-ring (bicyclic) bond motifs is 6. The summed E-state index contributed by atoms with van der Waals surface area (Å²) < 4.78 is 8.93. The van der Waals surface area contributed by atoms with Crippen molar-refractivity contribution >= 4 is 103 Å². The zero-order valence-corrected chi connectivity index (χ0v) is 82.8. The Bertz CT molecular complexity index is 6640. The van der Waals surface area contributed by atoms with Gasteiger partial charge in [0.2, 0.25) is 0 Å². The van der Waals surface area contributed by atoms with Gasteiger partial charge in [-0.2, -0.15) is 0 Å². The molecule has 8 aliphatic rings. The summed E-state index contributed by atoms with van der Waals surface area (Å²) in [6, 6.07) is 120. The summed E-state index contributed by atoms with van der Waals surface area (Å²) in [4.78, 5) is 15.0. The van der Waals surface area contributed by atoms with Crippen LogP contribution < -0.4 is 57.1 Å². The molecule has 15 aromatic rings. The van der Waals surface area contributed by atoms with Gasteiger partial charge in [0.05, 0.1) is 80.8 Å². The summed E-state index contributed by atoms with van der Waals surface area (Å²) in [5.41, 5.74) is 38.0. The Morgan fingerprint density at radius 2 is 0.818 bits per heavy atom. The van der Waals surface area contributed by atoms with Crippen molar-refractivity contribution in [1.82, 2.24) is 22.5 Å². The Balaban J connectivity index is 0.000000107. The van der Waals surface area contributed by atoms with Crippen LogP contribution in [0.5, 0.6) is 0 Å². The lowest BCUT2D eigenvalue weighted by Gasteiger charge is -2.53. The third-order valence-corrected chi connectivity index (χ3v) is 34.6. The van der Waals surface area contributed by atoms with Crippen LogP contribution in [0.25, 0.3) is 21.8 Å². The van der Waals surface area contributed by atoms with Gasteiger partial charge in [0.25, 0.3) is 0 Å². The minimum atomic E-state index is -1.82. The average molecular weight is 1760 g/mol. The molecular weight excluding hydrogens is 1630 g/mol. The molecule has 0 bridgehead atoms. The van der Waals surface area contributed by atoms with Crippen LogP contribution in [0.15, 0.2) is 328 Å². The summed E-state index contributed by atoms with van der Waals surface area (Å²) >= 11 is 0. The lowest BCUT2D eigenvalue weighted by molar-refractivity contribution is 0.150. The van der Waals surface area contributed by atoms with Crippen molar-refractivity contribution in [2.24, 2.45) is 0 Å². The Morgan fingerprint density at radius 1 is 0.356 bits per heavy atom. The SMILES string of the molecule is CC1c2ccccc2N(C)C[N+]1(C)c1ccccc1.CN1C[N+](C)(c2ccccc2)C(C)(C)c2ccccc21.C[N+]1(c2ccccc2)Cc2cccc3c2N(CC3)C1.Cc1cccc(C)c1N1CN2CCCc3cccc(c32)C1(C)C.Cc1cccc(C)c1N1C[N+](C)(c2ccccc2)Cc2ccccc21.Cc1cccc(C)c1N1Cn2c3ccccc3c3cccc(c32)[Si]1(C)C. The van der Waals surface area contributed by atoms with Crippen molar-refractivity contribution in [3.05, 3.63) is 400 Å². The first-order valence-electron chi connectivity index (χ1n) is 48.0. The molecule has 0 fully saturated rings. The van der Waals surface area contributed by atoms with Crippen LogP contribution in [0.2, 0.25) is 13.1 Å². The highest BCUT2D eigenvalue weighted by molar-refractivity contribution is 6.94. The number of aromatic nitrogens is 1. The Hall–Kier alpha value is -12.5. The number of nitrogens with zero attached hydrogens (tertiary/aromatic N) is 12. The molecule has 0 aliphatic carbocycles. The molecule has 0 radical (unpaired) electrons. The van der Waals surface area contributed by atoms with Crippen molar-refractivity contribution in [2.45, 2.75) is 145 Å². The summed E-state index contributed by atoms with van der Waals surface area (Å²) in [5.74, 6) is 0. The molecule has 0 spiro atoms. The Labute approximate surface area is 788 Å². The summed E-state index contributed by atoms with van der Waals surface area (Å²) in [6.07, 6.45) is 3.69. The first-order valence-corrected chi connectivity index (χ1v) is 50.9. The molecule has 0 amide bonds. The van der Waals surface area contributed by atoms with E-state index in [4.69, 9.17) is 0 Å². The first kappa shape index (κ1) is 90.1. The molecule has 0 N–H and O–H groups in total. The molecule has 12 nitrogen and oxygen atoms in total. The number of quaternary nitrogens is 4. The number of benzene rings is 14. The fourth-order valence-corrected chi connectivity index (χ4v) is 26.7. The van der Waals surface area contributed by atoms with Crippen molar-refractivity contribution in [2.75, 3.05) is 123 Å². The largest absolute Gasteiger partial charge is 0.376 e. The normalized spacial score (nSPS) is 21.0. The first-order chi connectivity index (χ1) is 63.4. The summed E-state index contributed by atoms with van der Waals surface area (Å²) in [6.45, 7) is 40.6. The van der Waals surface area contributed by atoms with Crippen LogP contribution in [0.3, 0.4) is 0 Å². The zero-order chi connectivity index (χ0) is 92.4. The van der Waals surface area contributed by atoms with Crippen LogP contribution in [0.4, 0.5) is 68.2 Å². The van der Waals surface area contributed by atoms with Crippen molar-refractivity contribution in [3.8, 4) is 0 Å². The lowest BCUT2D eigenvalue weighted by atomic mass is 9.83. The van der Waals surface area contributed by atoms with Crippen molar-refractivity contribution in [3.63, 3.8) is 0 Å².